The van der Waals surface area contributed by atoms with E-state index in [2.05, 4.69) is 26.2 Å². The van der Waals surface area contributed by atoms with Crippen molar-refractivity contribution in [3.63, 3.8) is 0 Å². The van der Waals surface area contributed by atoms with Crippen LogP contribution in [0.4, 0.5) is 24.5 Å². The Morgan fingerprint density at radius 2 is 1.73 bits per heavy atom. The predicted molar refractivity (Wildman–Crippen MR) is 140 cm³/mol. The number of pyridine rings is 1. The number of alkyl halides is 3. The van der Waals surface area contributed by atoms with Gasteiger partial charge in [-0.15, -0.1) is 0 Å². The third kappa shape index (κ3) is 5.33. The first-order valence-corrected chi connectivity index (χ1v) is 12.5. The molecule has 5 nitrogen and oxygen atoms in total. The molecular formula is C28H23BrF3N3O2. The molecule has 1 fully saturated rings. The number of nitrogens with one attached hydrogen (secondary N) is 1. The second-order valence-corrected chi connectivity index (χ2v) is 10.0. The summed E-state index contributed by atoms with van der Waals surface area (Å²) >= 11 is 3.44. The topological polar surface area (TPSA) is 65.5 Å². The fraction of sp³-hybridized carbons (Fsp3) is 0.214. The second-order valence-electron chi connectivity index (χ2n) is 9.12. The maximum Gasteiger partial charge on any atom is 0.416 e. The van der Waals surface area contributed by atoms with Crippen LogP contribution < -0.4 is 5.32 Å². The standard InChI is InChI=1S/C28H23BrF3N3O2/c29-21-3-1-2-19(16-21)27(37)11-14-35(15-12-27)26(36)18-4-7-22(8-5-18)34-24-10-13-33-25-17-20(28(30,31)32)6-9-23(24)25/h1-10,13,16-17,37H,11-12,14-15H2,(H,33,34). The van der Waals surface area contributed by atoms with Gasteiger partial charge >= 0.3 is 6.18 Å². The lowest BCUT2D eigenvalue weighted by Crippen LogP contribution is -2.45. The van der Waals surface area contributed by atoms with Crippen LogP contribution in [0.1, 0.15) is 34.3 Å². The van der Waals surface area contributed by atoms with E-state index in [-0.39, 0.29) is 11.4 Å². The maximum absolute atomic E-state index is 13.1. The van der Waals surface area contributed by atoms with Gasteiger partial charge in [0, 0.05) is 46.1 Å². The molecule has 0 saturated carbocycles. The summed E-state index contributed by atoms with van der Waals surface area (Å²) in [6.45, 7) is 0.871. The van der Waals surface area contributed by atoms with Crippen LogP contribution in [0.2, 0.25) is 0 Å². The lowest BCUT2D eigenvalue weighted by atomic mass is 9.84. The molecule has 0 spiro atoms. The number of piperidine rings is 1. The Morgan fingerprint density at radius 1 is 1.00 bits per heavy atom. The minimum atomic E-state index is -4.44. The number of benzene rings is 3. The molecule has 0 bridgehead atoms. The number of hydrogen-bond acceptors (Lipinski definition) is 4. The number of hydrogen-bond donors (Lipinski definition) is 2. The van der Waals surface area contributed by atoms with E-state index in [0.717, 1.165) is 22.2 Å². The van der Waals surface area contributed by atoms with Crippen LogP contribution in [-0.2, 0) is 11.8 Å². The van der Waals surface area contributed by atoms with E-state index in [4.69, 9.17) is 0 Å². The maximum atomic E-state index is 13.1. The summed E-state index contributed by atoms with van der Waals surface area (Å²) in [5.41, 5.74) is 1.17. The number of aliphatic hydroxyl groups is 1. The Labute approximate surface area is 220 Å². The molecule has 0 radical (unpaired) electrons. The third-order valence-electron chi connectivity index (χ3n) is 6.72. The Kier molecular flexibility index (Phi) is 6.68. The van der Waals surface area contributed by atoms with Crippen molar-refractivity contribution in [3.8, 4) is 0 Å². The van der Waals surface area contributed by atoms with Gasteiger partial charge in [-0.3, -0.25) is 9.78 Å². The first-order valence-electron chi connectivity index (χ1n) is 11.7. The van der Waals surface area contributed by atoms with Gasteiger partial charge in [0.2, 0.25) is 0 Å². The molecule has 4 aromatic rings. The van der Waals surface area contributed by atoms with Gasteiger partial charge in [0.15, 0.2) is 0 Å². The highest BCUT2D eigenvalue weighted by Gasteiger charge is 2.35. The van der Waals surface area contributed by atoms with Gasteiger partial charge < -0.3 is 15.3 Å². The average molecular weight is 570 g/mol. The molecule has 0 atom stereocenters. The minimum Gasteiger partial charge on any atom is -0.385 e. The monoisotopic (exact) mass is 569 g/mol. The van der Waals surface area contributed by atoms with Crippen LogP contribution in [0.15, 0.2) is 83.5 Å². The quantitative estimate of drug-likeness (QED) is 0.281. The number of anilines is 2. The van der Waals surface area contributed by atoms with Crippen molar-refractivity contribution in [2.45, 2.75) is 24.6 Å². The summed E-state index contributed by atoms with van der Waals surface area (Å²) < 4.78 is 40.0. The van der Waals surface area contributed by atoms with E-state index in [1.54, 1.807) is 35.2 Å². The van der Waals surface area contributed by atoms with E-state index in [1.807, 2.05) is 24.3 Å². The Balaban J connectivity index is 1.26. The Morgan fingerprint density at radius 3 is 2.41 bits per heavy atom. The van der Waals surface area contributed by atoms with Crippen LogP contribution in [-0.4, -0.2) is 34.0 Å². The van der Waals surface area contributed by atoms with E-state index in [0.29, 0.717) is 48.3 Å². The van der Waals surface area contributed by atoms with Crippen molar-refractivity contribution in [3.05, 3.63) is 100 Å². The Bertz CT molecular complexity index is 1450. The number of fused-ring (bicyclic) bond motifs is 1. The molecule has 37 heavy (non-hydrogen) atoms. The molecule has 0 aliphatic carbocycles. The minimum absolute atomic E-state index is 0.114. The van der Waals surface area contributed by atoms with Gasteiger partial charge in [-0.2, -0.15) is 13.2 Å². The second kappa shape index (κ2) is 9.79. The largest absolute Gasteiger partial charge is 0.416 e. The van der Waals surface area contributed by atoms with Gasteiger partial charge in [0.1, 0.15) is 0 Å². The summed E-state index contributed by atoms with van der Waals surface area (Å²) in [6, 6.07) is 19.7. The number of carbonyl (C=O) groups excluding carboxylic acids is 1. The van der Waals surface area contributed by atoms with Gasteiger partial charge in [0.05, 0.1) is 16.7 Å². The summed E-state index contributed by atoms with van der Waals surface area (Å²) in [4.78, 5) is 18.9. The zero-order valence-electron chi connectivity index (χ0n) is 19.6. The molecule has 1 amide bonds. The van der Waals surface area contributed by atoms with Crippen molar-refractivity contribution in [2.75, 3.05) is 18.4 Å². The third-order valence-corrected chi connectivity index (χ3v) is 7.21. The molecule has 2 heterocycles. The molecule has 3 aromatic carbocycles. The summed E-state index contributed by atoms with van der Waals surface area (Å²) in [6.07, 6.45) is -2.10. The Hall–Kier alpha value is -3.43. The van der Waals surface area contributed by atoms with Gasteiger partial charge in [0.25, 0.3) is 5.91 Å². The molecular weight excluding hydrogens is 547 g/mol. The predicted octanol–water partition coefficient (Wildman–Crippen LogP) is 6.88. The fourth-order valence-corrected chi connectivity index (χ4v) is 5.01. The first kappa shape index (κ1) is 25.2. The smallest absolute Gasteiger partial charge is 0.385 e. The molecule has 0 unspecified atom stereocenters. The van der Waals surface area contributed by atoms with Crippen LogP contribution in [0.5, 0.6) is 0 Å². The van der Waals surface area contributed by atoms with Crippen LogP contribution in [0.25, 0.3) is 10.9 Å². The molecule has 190 valence electrons. The summed E-state index contributed by atoms with van der Waals surface area (Å²) in [5.74, 6) is -0.114. The molecule has 1 aliphatic rings. The number of halogens is 4. The highest BCUT2D eigenvalue weighted by molar-refractivity contribution is 9.10. The number of aromatic nitrogens is 1. The van der Waals surface area contributed by atoms with Crippen LogP contribution in [0.3, 0.4) is 0 Å². The molecule has 5 rings (SSSR count). The zero-order valence-corrected chi connectivity index (χ0v) is 21.2. The number of rotatable bonds is 4. The van der Waals surface area contributed by atoms with Gasteiger partial charge in [-0.1, -0.05) is 34.1 Å². The number of nitrogens with zero attached hydrogens (tertiary/aromatic N) is 2. The lowest BCUT2D eigenvalue weighted by molar-refractivity contribution is -0.137. The van der Waals surface area contributed by atoms with E-state index in [1.165, 1.54) is 12.3 Å². The highest BCUT2D eigenvalue weighted by atomic mass is 79.9. The zero-order chi connectivity index (χ0) is 26.2. The van der Waals surface area contributed by atoms with Gasteiger partial charge in [-0.25, -0.2) is 0 Å². The van der Waals surface area contributed by atoms with Crippen molar-refractivity contribution in [2.24, 2.45) is 0 Å². The molecule has 1 aromatic heterocycles. The molecule has 2 N–H and O–H groups in total. The van der Waals surface area contributed by atoms with Gasteiger partial charge in [-0.05, 0) is 73.0 Å². The van der Waals surface area contributed by atoms with E-state index >= 15 is 0 Å². The van der Waals surface area contributed by atoms with E-state index < -0.39 is 17.3 Å². The molecule has 1 saturated heterocycles. The lowest BCUT2D eigenvalue weighted by Gasteiger charge is -2.38. The summed E-state index contributed by atoms with van der Waals surface area (Å²) in [7, 11) is 0. The first-order chi connectivity index (χ1) is 17.6. The average Bonchev–Trinajstić information content (AvgIpc) is 2.88. The van der Waals surface area contributed by atoms with Crippen LogP contribution in [0, 0.1) is 0 Å². The van der Waals surface area contributed by atoms with Crippen molar-refractivity contribution in [1.29, 1.82) is 0 Å². The van der Waals surface area contributed by atoms with E-state index in [9.17, 15) is 23.1 Å². The number of amides is 1. The van der Waals surface area contributed by atoms with Crippen molar-refractivity contribution in [1.82, 2.24) is 9.88 Å². The number of carbonyl (C=O) groups is 1. The molecule has 1 aliphatic heterocycles. The van der Waals surface area contributed by atoms with Crippen molar-refractivity contribution >= 4 is 44.1 Å². The van der Waals surface area contributed by atoms with Crippen LogP contribution >= 0.6 is 15.9 Å². The number of likely N-dealkylation sites (tertiary alicyclic amines) is 1. The molecule has 9 heteroatoms. The fourth-order valence-electron chi connectivity index (χ4n) is 4.61. The SMILES string of the molecule is O=C(c1ccc(Nc2ccnc3cc(C(F)(F)F)ccc23)cc1)N1CCC(O)(c2cccc(Br)c2)CC1. The normalized spacial score (nSPS) is 15.5. The van der Waals surface area contributed by atoms with Crippen molar-refractivity contribution < 1.29 is 23.1 Å². The highest BCUT2D eigenvalue weighted by Crippen LogP contribution is 2.35. The summed E-state index contributed by atoms with van der Waals surface area (Å²) in [5, 5.41) is 14.9.